The van der Waals surface area contributed by atoms with Gasteiger partial charge in [-0.3, -0.25) is 4.79 Å². The van der Waals surface area contributed by atoms with Crippen molar-refractivity contribution in [2.45, 2.75) is 24.2 Å². The van der Waals surface area contributed by atoms with Crippen LogP contribution in [0.1, 0.15) is 19.3 Å². The lowest BCUT2D eigenvalue weighted by Crippen LogP contribution is -2.47. The van der Waals surface area contributed by atoms with Gasteiger partial charge in [0.2, 0.25) is 15.9 Å². The first kappa shape index (κ1) is 14.0. The van der Waals surface area contributed by atoms with Crippen molar-refractivity contribution in [1.82, 2.24) is 0 Å². The molecule has 0 saturated heterocycles. The molecule has 6 nitrogen and oxygen atoms in total. The molecule has 1 aliphatic rings. The van der Waals surface area contributed by atoms with Crippen LogP contribution >= 0.6 is 0 Å². The molecular formula is C12H17N3O3S. The van der Waals surface area contributed by atoms with E-state index in [1.54, 1.807) is 6.07 Å². The maximum absolute atomic E-state index is 12.1. The highest BCUT2D eigenvalue weighted by Crippen LogP contribution is 2.40. The van der Waals surface area contributed by atoms with E-state index in [9.17, 15) is 13.2 Å². The summed E-state index contributed by atoms with van der Waals surface area (Å²) >= 11 is 0. The van der Waals surface area contributed by atoms with E-state index in [1.807, 2.05) is 0 Å². The summed E-state index contributed by atoms with van der Waals surface area (Å²) in [5.41, 5.74) is 5.56. The van der Waals surface area contributed by atoms with Crippen molar-refractivity contribution in [3.8, 4) is 0 Å². The first-order valence-corrected chi connectivity index (χ1v) is 7.56. The fraction of sp³-hybridized carbons (Fsp3) is 0.417. The van der Waals surface area contributed by atoms with Gasteiger partial charge in [-0.15, -0.1) is 0 Å². The van der Waals surface area contributed by atoms with E-state index in [4.69, 9.17) is 10.9 Å². The predicted molar refractivity (Wildman–Crippen MR) is 71.8 cm³/mol. The van der Waals surface area contributed by atoms with Gasteiger partial charge in [-0.2, -0.15) is 0 Å². The molecule has 2 rings (SSSR count). The van der Waals surface area contributed by atoms with E-state index in [-0.39, 0.29) is 10.8 Å². The zero-order valence-corrected chi connectivity index (χ0v) is 11.2. The number of hydrogen-bond donors (Lipinski definition) is 3. The molecule has 1 aromatic carbocycles. The molecule has 0 aliphatic heterocycles. The highest BCUT2D eigenvalue weighted by atomic mass is 32.2. The third kappa shape index (κ3) is 2.78. The summed E-state index contributed by atoms with van der Waals surface area (Å²) in [5.74, 6) is -0.159. The molecule has 1 fully saturated rings. The molecule has 1 aromatic rings. The molecule has 104 valence electrons. The van der Waals surface area contributed by atoms with Crippen molar-refractivity contribution < 1.29 is 13.2 Å². The fourth-order valence-electron chi connectivity index (χ4n) is 2.14. The molecule has 0 atom stereocenters. The monoisotopic (exact) mass is 283 g/mol. The Labute approximate surface area is 112 Å². The van der Waals surface area contributed by atoms with Crippen molar-refractivity contribution in [3.63, 3.8) is 0 Å². The number of rotatable bonds is 4. The van der Waals surface area contributed by atoms with E-state index < -0.39 is 15.4 Å². The summed E-state index contributed by atoms with van der Waals surface area (Å²) in [5, 5.41) is 7.75. The van der Waals surface area contributed by atoms with Crippen LogP contribution in [0.2, 0.25) is 0 Å². The quantitative estimate of drug-likeness (QED) is 0.741. The van der Waals surface area contributed by atoms with E-state index >= 15 is 0 Å². The van der Waals surface area contributed by atoms with Gasteiger partial charge in [-0.1, -0.05) is 12.5 Å². The van der Waals surface area contributed by atoms with E-state index in [0.29, 0.717) is 12.2 Å². The molecule has 0 bridgehead atoms. The first-order chi connectivity index (χ1) is 8.87. The lowest BCUT2D eigenvalue weighted by Gasteiger charge is -2.39. The third-order valence-corrected chi connectivity index (χ3v) is 4.51. The number of carbonyl (C=O) groups excluding carboxylic acids is 1. The summed E-state index contributed by atoms with van der Waals surface area (Å²) in [4.78, 5) is 12.1. The van der Waals surface area contributed by atoms with E-state index in [1.165, 1.54) is 18.2 Å². The average molecular weight is 283 g/mol. The Kier molecular flexibility index (Phi) is 3.62. The fourth-order valence-corrected chi connectivity index (χ4v) is 2.70. The molecule has 0 aromatic heterocycles. The molecule has 7 heteroatoms. The molecular weight excluding hydrogens is 266 g/mol. The molecule has 0 radical (unpaired) electrons. The standard InChI is InChI=1S/C12H17N3O3S/c13-8-12(5-2-6-12)11(16)15-9-3-1-4-10(7-9)19(14,17)18/h1,3-4,7H,2,5-6,8,13H2,(H,15,16)(H2,14,17,18). The smallest absolute Gasteiger partial charge is 0.238 e. The normalized spacial score (nSPS) is 17.6. The second-order valence-corrected chi connectivity index (χ2v) is 6.43. The number of nitrogens with two attached hydrogens (primary N) is 2. The van der Waals surface area contributed by atoms with Crippen LogP contribution in [0.25, 0.3) is 0 Å². The molecule has 0 unspecified atom stereocenters. The predicted octanol–water partition coefficient (Wildman–Crippen LogP) is 0.401. The van der Waals surface area contributed by atoms with E-state index in [2.05, 4.69) is 5.32 Å². The second kappa shape index (κ2) is 4.92. The lowest BCUT2D eigenvalue weighted by molar-refractivity contribution is -0.129. The highest BCUT2D eigenvalue weighted by molar-refractivity contribution is 7.89. The van der Waals surface area contributed by atoms with Crippen LogP contribution < -0.4 is 16.2 Å². The van der Waals surface area contributed by atoms with Crippen molar-refractivity contribution in [2.24, 2.45) is 16.3 Å². The van der Waals surface area contributed by atoms with Crippen molar-refractivity contribution >= 4 is 21.6 Å². The summed E-state index contributed by atoms with van der Waals surface area (Å²) in [6.45, 7) is 0.299. The van der Waals surface area contributed by atoms with Crippen LogP contribution in [0, 0.1) is 5.41 Å². The topological polar surface area (TPSA) is 115 Å². The van der Waals surface area contributed by atoms with Crippen LogP contribution in [0.5, 0.6) is 0 Å². The zero-order valence-electron chi connectivity index (χ0n) is 10.4. The summed E-state index contributed by atoms with van der Waals surface area (Å²) < 4.78 is 22.5. The van der Waals surface area contributed by atoms with Crippen molar-refractivity contribution in [1.29, 1.82) is 0 Å². The molecule has 19 heavy (non-hydrogen) atoms. The third-order valence-electron chi connectivity index (χ3n) is 3.60. The summed E-state index contributed by atoms with van der Waals surface area (Å²) in [6.07, 6.45) is 2.52. The number of sulfonamides is 1. The molecule has 1 aliphatic carbocycles. The van der Waals surface area contributed by atoms with Crippen LogP contribution in [0.4, 0.5) is 5.69 Å². The Bertz CT molecular complexity index is 588. The zero-order chi connectivity index (χ0) is 14.1. The number of benzene rings is 1. The Balaban J connectivity index is 2.18. The maximum atomic E-state index is 12.1. The molecule has 1 amide bonds. The number of hydrogen-bond acceptors (Lipinski definition) is 4. The largest absolute Gasteiger partial charge is 0.329 e. The van der Waals surface area contributed by atoms with E-state index in [0.717, 1.165) is 19.3 Å². The molecule has 5 N–H and O–H groups in total. The Morgan fingerprint density at radius 3 is 2.53 bits per heavy atom. The van der Waals surface area contributed by atoms with Crippen LogP contribution in [0.3, 0.4) is 0 Å². The maximum Gasteiger partial charge on any atom is 0.238 e. The van der Waals surface area contributed by atoms with Gasteiger partial charge in [0.15, 0.2) is 0 Å². The first-order valence-electron chi connectivity index (χ1n) is 6.02. The van der Waals surface area contributed by atoms with Gasteiger partial charge >= 0.3 is 0 Å². The molecule has 0 heterocycles. The highest BCUT2D eigenvalue weighted by Gasteiger charge is 2.42. The number of carbonyl (C=O) groups is 1. The van der Waals surface area contributed by atoms with Gasteiger partial charge in [-0.25, -0.2) is 13.6 Å². The lowest BCUT2D eigenvalue weighted by atomic mass is 9.68. The summed E-state index contributed by atoms with van der Waals surface area (Å²) in [7, 11) is -3.77. The Morgan fingerprint density at radius 1 is 1.37 bits per heavy atom. The number of amides is 1. The van der Waals surface area contributed by atoms with Gasteiger partial charge in [0.1, 0.15) is 0 Å². The Hall–Kier alpha value is -1.44. The SMILES string of the molecule is NCC1(C(=O)Nc2cccc(S(N)(=O)=O)c2)CCC1. The number of primary sulfonamides is 1. The summed E-state index contributed by atoms with van der Waals surface area (Å²) in [6, 6.07) is 5.88. The minimum atomic E-state index is -3.77. The van der Waals surface area contributed by atoms with Crippen LogP contribution in [-0.2, 0) is 14.8 Å². The van der Waals surface area contributed by atoms with Gasteiger partial charge in [0.25, 0.3) is 0 Å². The van der Waals surface area contributed by atoms with Gasteiger partial charge in [-0.05, 0) is 31.0 Å². The number of anilines is 1. The van der Waals surface area contributed by atoms with Crippen molar-refractivity contribution in [2.75, 3.05) is 11.9 Å². The van der Waals surface area contributed by atoms with Gasteiger partial charge < -0.3 is 11.1 Å². The van der Waals surface area contributed by atoms with Crippen LogP contribution in [0.15, 0.2) is 29.2 Å². The Morgan fingerprint density at radius 2 is 2.05 bits per heavy atom. The second-order valence-electron chi connectivity index (χ2n) is 4.86. The van der Waals surface area contributed by atoms with Crippen molar-refractivity contribution in [3.05, 3.63) is 24.3 Å². The van der Waals surface area contributed by atoms with Gasteiger partial charge in [0, 0.05) is 12.2 Å². The minimum absolute atomic E-state index is 0.0271. The molecule has 0 spiro atoms. The molecule has 1 saturated carbocycles. The average Bonchev–Trinajstić information content (AvgIpc) is 2.27. The van der Waals surface area contributed by atoms with Crippen LogP contribution in [-0.4, -0.2) is 20.9 Å². The minimum Gasteiger partial charge on any atom is -0.329 e. The number of nitrogens with one attached hydrogen (secondary N) is 1. The van der Waals surface area contributed by atoms with Gasteiger partial charge in [0.05, 0.1) is 10.3 Å².